The van der Waals surface area contributed by atoms with Crippen molar-refractivity contribution in [1.82, 2.24) is 4.98 Å². The quantitative estimate of drug-likeness (QED) is 0.897. The number of nitrogens with zero attached hydrogens (tertiary/aromatic N) is 1. The van der Waals surface area contributed by atoms with E-state index >= 15 is 0 Å². The van der Waals surface area contributed by atoms with Crippen LogP contribution in [0.5, 0.6) is 0 Å². The minimum absolute atomic E-state index is 0.0450. The Morgan fingerprint density at radius 1 is 1.53 bits per heavy atom. The Balaban J connectivity index is 2.34. The lowest BCUT2D eigenvalue weighted by atomic mass is 10.1. The largest absolute Gasteiger partial charge is 0.389 e. The second-order valence-corrected chi connectivity index (χ2v) is 4.72. The van der Waals surface area contributed by atoms with E-state index in [2.05, 4.69) is 4.98 Å². The molecule has 15 heavy (non-hydrogen) atoms. The molecule has 0 bridgehead atoms. The van der Waals surface area contributed by atoms with Crippen molar-refractivity contribution in [2.45, 2.75) is 31.5 Å². The number of hydrogen-bond donors (Lipinski definition) is 1. The molecule has 86 valence electrons. The third kappa shape index (κ3) is 4.81. The zero-order chi connectivity index (χ0) is 11.5. The molecule has 0 radical (unpaired) electrons. The van der Waals surface area contributed by atoms with E-state index in [1.165, 1.54) is 6.20 Å². The summed E-state index contributed by atoms with van der Waals surface area (Å²) in [6, 6.07) is 0. The van der Waals surface area contributed by atoms with Crippen LogP contribution in [-0.2, 0) is 0 Å². The summed E-state index contributed by atoms with van der Waals surface area (Å²) in [6.45, 7) is 0. The van der Waals surface area contributed by atoms with Gasteiger partial charge in [-0.1, -0.05) is 11.6 Å². The van der Waals surface area contributed by atoms with Gasteiger partial charge in [-0.2, -0.15) is 13.2 Å². The molecule has 0 spiro atoms. The molecule has 7 heteroatoms. The van der Waals surface area contributed by atoms with Gasteiger partial charge in [-0.15, -0.1) is 11.3 Å². The molecule has 0 aromatic carbocycles. The van der Waals surface area contributed by atoms with Crippen LogP contribution >= 0.6 is 22.9 Å². The number of halogens is 4. The normalized spacial score (nSPS) is 14.2. The van der Waals surface area contributed by atoms with Crippen molar-refractivity contribution >= 4 is 22.9 Å². The van der Waals surface area contributed by atoms with E-state index in [0.717, 1.165) is 11.3 Å². The Morgan fingerprint density at radius 2 is 2.20 bits per heavy atom. The van der Waals surface area contributed by atoms with Crippen LogP contribution in [0, 0.1) is 0 Å². The highest BCUT2D eigenvalue weighted by atomic mass is 35.5. The standard InChI is InChI=1S/C8H9ClF3NOS/c9-6-4-13-7(15-6)5(14)2-1-3-8(10,11)12/h4-5,14H,1-3H2. The molecule has 0 aliphatic rings. The number of thiazole rings is 1. The Labute approximate surface area is 93.7 Å². The van der Waals surface area contributed by atoms with Gasteiger partial charge in [0.2, 0.25) is 0 Å². The van der Waals surface area contributed by atoms with Crippen LogP contribution in [0.2, 0.25) is 4.34 Å². The Morgan fingerprint density at radius 3 is 2.67 bits per heavy atom. The van der Waals surface area contributed by atoms with Gasteiger partial charge in [0, 0.05) is 6.42 Å². The van der Waals surface area contributed by atoms with Crippen LogP contribution in [0.1, 0.15) is 30.4 Å². The van der Waals surface area contributed by atoms with Gasteiger partial charge in [0.05, 0.1) is 6.20 Å². The second kappa shape index (κ2) is 5.14. The lowest BCUT2D eigenvalue weighted by molar-refractivity contribution is -0.136. The highest BCUT2D eigenvalue weighted by Gasteiger charge is 2.26. The average Bonchev–Trinajstić information content (AvgIpc) is 2.49. The molecular weight excluding hydrogens is 251 g/mol. The van der Waals surface area contributed by atoms with Gasteiger partial charge >= 0.3 is 6.18 Å². The molecule has 1 aromatic heterocycles. The zero-order valence-electron chi connectivity index (χ0n) is 7.59. The number of aliphatic hydroxyl groups excluding tert-OH is 1. The topological polar surface area (TPSA) is 33.1 Å². The molecule has 0 amide bonds. The average molecular weight is 260 g/mol. The van der Waals surface area contributed by atoms with Crippen molar-refractivity contribution in [2.75, 3.05) is 0 Å². The van der Waals surface area contributed by atoms with E-state index in [1.807, 2.05) is 0 Å². The zero-order valence-corrected chi connectivity index (χ0v) is 9.16. The summed E-state index contributed by atoms with van der Waals surface area (Å²) in [5.74, 6) is 0. The fraction of sp³-hybridized carbons (Fsp3) is 0.625. The number of aliphatic hydroxyl groups is 1. The van der Waals surface area contributed by atoms with Crippen molar-refractivity contribution in [3.63, 3.8) is 0 Å². The van der Waals surface area contributed by atoms with Gasteiger partial charge in [-0.05, 0) is 12.8 Å². The Bertz CT molecular complexity index is 315. The van der Waals surface area contributed by atoms with Crippen LogP contribution in [0.15, 0.2) is 6.20 Å². The number of hydrogen-bond acceptors (Lipinski definition) is 3. The van der Waals surface area contributed by atoms with Gasteiger partial charge in [0.1, 0.15) is 15.4 Å². The van der Waals surface area contributed by atoms with Crippen molar-refractivity contribution in [3.8, 4) is 0 Å². The summed E-state index contributed by atoms with van der Waals surface area (Å²) in [5.41, 5.74) is 0. The second-order valence-electron chi connectivity index (χ2n) is 3.03. The lowest BCUT2D eigenvalue weighted by Crippen LogP contribution is -2.07. The highest BCUT2D eigenvalue weighted by molar-refractivity contribution is 7.15. The third-order valence-electron chi connectivity index (χ3n) is 1.72. The van der Waals surface area contributed by atoms with Gasteiger partial charge in [0.25, 0.3) is 0 Å². The van der Waals surface area contributed by atoms with Crippen LogP contribution in [0.25, 0.3) is 0 Å². The number of alkyl halides is 3. The summed E-state index contributed by atoms with van der Waals surface area (Å²) in [7, 11) is 0. The molecule has 0 saturated carbocycles. The first-order valence-electron chi connectivity index (χ1n) is 4.24. The van der Waals surface area contributed by atoms with Crippen molar-refractivity contribution in [1.29, 1.82) is 0 Å². The SMILES string of the molecule is OC(CCCC(F)(F)F)c1ncc(Cl)s1. The van der Waals surface area contributed by atoms with Gasteiger partial charge < -0.3 is 5.11 Å². The van der Waals surface area contributed by atoms with E-state index in [-0.39, 0.29) is 12.8 Å². The third-order valence-corrected chi connectivity index (χ3v) is 2.93. The summed E-state index contributed by atoms with van der Waals surface area (Å²) in [5, 5.41) is 9.82. The first kappa shape index (κ1) is 12.7. The van der Waals surface area contributed by atoms with Crippen molar-refractivity contribution in [2.24, 2.45) is 0 Å². The van der Waals surface area contributed by atoms with Crippen LogP contribution in [0.4, 0.5) is 13.2 Å². The van der Waals surface area contributed by atoms with Crippen molar-refractivity contribution in [3.05, 3.63) is 15.5 Å². The first-order chi connectivity index (χ1) is 6.88. The molecule has 0 fully saturated rings. The number of aromatic nitrogens is 1. The fourth-order valence-corrected chi connectivity index (χ4v) is 1.99. The Hall–Kier alpha value is -0.330. The maximum atomic E-state index is 11.8. The molecule has 0 aliphatic carbocycles. The molecule has 1 heterocycles. The molecule has 1 N–H and O–H groups in total. The Kier molecular flexibility index (Phi) is 4.36. The van der Waals surface area contributed by atoms with E-state index in [4.69, 9.17) is 11.6 Å². The van der Waals surface area contributed by atoms with E-state index in [0.29, 0.717) is 9.34 Å². The molecule has 1 unspecified atom stereocenters. The predicted octanol–water partition coefficient (Wildman–Crippen LogP) is 3.56. The minimum atomic E-state index is -4.17. The van der Waals surface area contributed by atoms with Gasteiger partial charge in [0.15, 0.2) is 0 Å². The fourth-order valence-electron chi connectivity index (χ4n) is 1.04. The number of rotatable bonds is 4. The molecule has 1 rings (SSSR count). The maximum Gasteiger partial charge on any atom is 0.389 e. The van der Waals surface area contributed by atoms with E-state index < -0.39 is 18.7 Å². The maximum absolute atomic E-state index is 11.8. The summed E-state index contributed by atoms with van der Waals surface area (Å²) in [4.78, 5) is 3.79. The lowest BCUT2D eigenvalue weighted by Gasteiger charge is -2.08. The smallest absolute Gasteiger partial charge is 0.386 e. The summed E-state index contributed by atoms with van der Waals surface area (Å²) in [6.07, 6.45) is -4.70. The van der Waals surface area contributed by atoms with Gasteiger partial charge in [-0.3, -0.25) is 0 Å². The molecule has 2 nitrogen and oxygen atoms in total. The molecule has 0 saturated heterocycles. The molecule has 1 aromatic rings. The summed E-state index contributed by atoms with van der Waals surface area (Å²) >= 11 is 6.65. The molecular formula is C8H9ClF3NOS. The van der Waals surface area contributed by atoms with Crippen LogP contribution in [0.3, 0.4) is 0 Å². The van der Waals surface area contributed by atoms with E-state index in [1.54, 1.807) is 0 Å². The van der Waals surface area contributed by atoms with Crippen LogP contribution in [-0.4, -0.2) is 16.3 Å². The highest BCUT2D eigenvalue weighted by Crippen LogP contribution is 2.29. The molecule has 1 atom stereocenters. The molecule has 0 aliphatic heterocycles. The van der Waals surface area contributed by atoms with Crippen LogP contribution < -0.4 is 0 Å². The predicted molar refractivity (Wildman–Crippen MR) is 52.0 cm³/mol. The summed E-state index contributed by atoms with van der Waals surface area (Å²) < 4.78 is 35.8. The monoisotopic (exact) mass is 259 g/mol. The van der Waals surface area contributed by atoms with Crippen molar-refractivity contribution < 1.29 is 18.3 Å². The van der Waals surface area contributed by atoms with E-state index in [9.17, 15) is 18.3 Å². The minimum Gasteiger partial charge on any atom is -0.386 e. The first-order valence-corrected chi connectivity index (χ1v) is 5.44. The van der Waals surface area contributed by atoms with Gasteiger partial charge in [-0.25, -0.2) is 4.98 Å².